The highest BCUT2D eigenvalue weighted by atomic mass is 16.2. The van der Waals surface area contributed by atoms with Crippen LogP contribution in [0.4, 0.5) is 0 Å². The summed E-state index contributed by atoms with van der Waals surface area (Å²) in [4.78, 5) is 0. The lowest BCUT2D eigenvalue weighted by molar-refractivity contribution is 0.587. The van der Waals surface area contributed by atoms with Gasteiger partial charge in [0.25, 0.3) is 6.92 Å². The molecule has 0 spiro atoms. The molecule has 0 fully saturated rings. The molecule has 0 bridgehead atoms. The van der Waals surface area contributed by atoms with Gasteiger partial charge in [0.2, 0.25) is 0 Å². The van der Waals surface area contributed by atoms with Crippen LogP contribution >= 0.6 is 0 Å². The molecule has 0 aromatic carbocycles. The number of hydrogen-bond acceptors (Lipinski definition) is 1. The maximum atomic E-state index is 8.06. The zero-order valence-electron chi connectivity index (χ0n) is 3.02. The molecule has 0 atom stereocenters. The van der Waals surface area contributed by atoms with Gasteiger partial charge in [-0.1, -0.05) is 13.6 Å². The Kier molecular flexibility index (Phi) is 1.36. The summed E-state index contributed by atoms with van der Waals surface area (Å²) in [7, 11) is 0. The van der Waals surface area contributed by atoms with E-state index in [1.54, 1.807) is 13.6 Å². The van der Waals surface area contributed by atoms with Crippen molar-refractivity contribution in [1.29, 1.82) is 0 Å². The molecule has 0 radical (unpaired) electrons. The van der Waals surface area contributed by atoms with Crippen LogP contribution < -0.4 is 0 Å². The van der Waals surface area contributed by atoms with Crippen molar-refractivity contribution in [2.45, 2.75) is 13.6 Å². The molecule has 0 amide bonds. The molecule has 2 heteroatoms. The van der Waals surface area contributed by atoms with Gasteiger partial charge in [-0.05, 0) is 0 Å². The molecule has 0 heterocycles. The largest absolute Gasteiger partial charge is 0.451 e. The molecule has 0 saturated carbocycles. The van der Waals surface area contributed by atoms with Gasteiger partial charge in [0.05, 0.1) is 0 Å². The van der Waals surface area contributed by atoms with E-state index in [1.165, 1.54) is 0 Å². The molecule has 0 saturated heterocycles. The lowest BCUT2D eigenvalue weighted by Gasteiger charge is -1.71. The minimum Gasteiger partial charge on any atom is -0.451 e. The lowest BCUT2D eigenvalue weighted by atomic mass is 9.76. The van der Waals surface area contributed by atoms with Crippen LogP contribution in [0.5, 0.6) is 0 Å². The topological polar surface area (TPSA) is 20.2 Å². The monoisotopic (exact) mass is 58.1 g/mol. The van der Waals surface area contributed by atoms with Crippen molar-refractivity contribution < 1.29 is 5.02 Å². The normalized spacial score (nSPS) is 6.75. The third-order valence-electron chi connectivity index (χ3n) is 0. The van der Waals surface area contributed by atoms with Crippen molar-refractivity contribution in [1.82, 2.24) is 0 Å². The summed E-state index contributed by atoms with van der Waals surface area (Å²) < 4.78 is 0. The summed E-state index contributed by atoms with van der Waals surface area (Å²) in [6.07, 6.45) is 0. The summed E-state index contributed by atoms with van der Waals surface area (Å²) >= 11 is 0. The van der Waals surface area contributed by atoms with Crippen LogP contribution in [-0.4, -0.2) is 11.9 Å². The van der Waals surface area contributed by atoms with E-state index in [9.17, 15) is 0 Å². The first-order valence-corrected chi connectivity index (χ1v) is 1.41. The van der Waals surface area contributed by atoms with Gasteiger partial charge in [0.15, 0.2) is 0 Å². The Morgan fingerprint density at radius 1 is 1.50 bits per heavy atom. The minimum absolute atomic E-state index is 0.167. The second-order valence-corrected chi connectivity index (χ2v) is 1.09. The van der Waals surface area contributed by atoms with Crippen LogP contribution in [0.25, 0.3) is 0 Å². The fourth-order valence-corrected chi connectivity index (χ4v) is 0. The van der Waals surface area contributed by atoms with Crippen molar-refractivity contribution in [2.75, 3.05) is 0 Å². The zero-order chi connectivity index (χ0) is 3.58. The Balaban J connectivity index is 2.32. The number of hydrogen-bond donors (Lipinski definition) is 1. The van der Waals surface area contributed by atoms with Crippen LogP contribution in [-0.2, 0) is 0 Å². The summed E-state index contributed by atoms with van der Waals surface area (Å²) in [5.74, 6) is 0. The van der Waals surface area contributed by atoms with E-state index < -0.39 is 0 Å². The van der Waals surface area contributed by atoms with Crippen LogP contribution in [0, 0.1) is 0 Å². The molecular weight excluding hydrogens is 50.8 g/mol. The predicted octanol–water partition coefficient (Wildman–Crippen LogP) is 0.230. The Labute approximate surface area is 26.8 Å². The fourth-order valence-electron chi connectivity index (χ4n) is 0. The second kappa shape index (κ2) is 1.36. The first-order chi connectivity index (χ1) is 1.73. The lowest BCUT2D eigenvalue weighted by Crippen LogP contribution is -1.93. The van der Waals surface area contributed by atoms with Crippen molar-refractivity contribution in [2.24, 2.45) is 0 Å². The average molecular weight is 57.9 g/mol. The van der Waals surface area contributed by atoms with E-state index in [4.69, 9.17) is 5.02 Å². The molecule has 1 nitrogen and oxygen atoms in total. The summed E-state index contributed by atoms with van der Waals surface area (Å²) in [5.41, 5.74) is 0. The van der Waals surface area contributed by atoms with Crippen molar-refractivity contribution >= 4 is 6.92 Å². The summed E-state index contributed by atoms with van der Waals surface area (Å²) in [5, 5.41) is 8.06. The molecule has 0 aromatic heterocycles. The summed E-state index contributed by atoms with van der Waals surface area (Å²) in [6, 6.07) is 0. The standard InChI is InChI=1S/C2H7BO/c1-3(2)4/h4H,1-2H3. The molecule has 0 aliphatic heterocycles. The average Bonchev–Trinajstić information content (AvgIpc) is 0.811. The fraction of sp³-hybridized carbons (Fsp3) is 1.00. The molecule has 0 aliphatic carbocycles. The van der Waals surface area contributed by atoms with Crippen LogP contribution in [0.3, 0.4) is 0 Å². The SMILES string of the molecule is CB(C)O. The highest BCUT2D eigenvalue weighted by molar-refractivity contribution is 6.46. The second-order valence-electron chi connectivity index (χ2n) is 1.09. The Hall–Kier alpha value is 0.0249. The molecular formula is C2H7BO. The van der Waals surface area contributed by atoms with E-state index in [2.05, 4.69) is 0 Å². The van der Waals surface area contributed by atoms with Crippen molar-refractivity contribution in [3.63, 3.8) is 0 Å². The highest BCUT2D eigenvalue weighted by Crippen LogP contribution is 1.60. The van der Waals surface area contributed by atoms with Gasteiger partial charge in [-0.25, -0.2) is 0 Å². The molecule has 24 valence electrons. The van der Waals surface area contributed by atoms with E-state index >= 15 is 0 Å². The molecule has 0 aromatic rings. The highest BCUT2D eigenvalue weighted by Gasteiger charge is 1.80. The first-order valence-electron chi connectivity index (χ1n) is 1.41. The minimum atomic E-state index is -0.167. The molecule has 0 unspecified atom stereocenters. The third-order valence-corrected chi connectivity index (χ3v) is 0. The Bertz CT molecular complexity index is 10.8. The quantitative estimate of drug-likeness (QED) is 0.395. The Morgan fingerprint density at radius 2 is 1.50 bits per heavy atom. The zero-order valence-corrected chi connectivity index (χ0v) is 3.02. The maximum absolute atomic E-state index is 8.06. The van der Waals surface area contributed by atoms with Gasteiger partial charge in [-0.3, -0.25) is 0 Å². The van der Waals surface area contributed by atoms with E-state index in [1.807, 2.05) is 0 Å². The van der Waals surface area contributed by atoms with Crippen molar-refractivity contribution in [3.8, 4) is 0 Å². The first kappa shape index (κ1) is 4.02. The van der Waals surface area contributed by atoms with Gasteiger partial charge < -0.3 is 5.02 Å². The van der Waals surface area contributed by atoms with Gasteiger partial charge in [-0.2, -0.15) is 0 Å². The third kappa shape index (κ3) is 3420. The van der Waals surface area contributed by atoms with Crippen LogP contribution in [0.2, 0.25) is 13.6 Å². The van der Waals surface area contributed by atoms with Crippen LogP contribution in [0.15, 0.2) is 0 Å². The molecule has 1 N–H and O–H groups in total. The van der Waals surface area contributed by atoms with Gasteiger partial charge >= 0.3 is 0 Å². The van der Waals surface area contributed by atoms with Crippen molar-refractivity contribution in [3.05, 3.63) is 0 Å². The van der Waals surface area contributed by atoms with Gasteiger partial charge in [-0.15, -0.1) is 0 Å². The predicted molar refractivity (Wildman–Crippen MR) is 19.7 cm³/mol. The molecule has 0 aliphatic rings. The van der Waals surface area contributed by atoms with Crippen LogP contribution in [0.1, 0.15) is 0 Å². The Morgan fingerprint density at radius 3 is 1.50 bits per heavy atom. The molecule has 0 rings (SSSR count). The van der Waals surface area contributed by atoms with Gasteiger partial charge in [0.1, 0.15) is 0 Å². The van der Waals surface area contributed by atoms with E-state index in [0.29, 0.717) is 0 Å². The maximum Gasteiger partial charge on any atom is 0.282 e. The van der Waals surface area contributed by atoms with E-state index in [0.717, 1.165) is 0 Å². The molecule has 4 heavy (non-hydrogen) atoms. The summed E-state index contributed by atoms with van der Waals surface area (Å²) in [6.45, 7) is 3.28. The van der Waals surface area contributed by atoms with E-state index in [-0.39, 0.29) is 6.92 Å². The van der Waals surface area contributed by atoms with Gasteiger partial charge in [0, 0.05) is 0 Å². The number of rotatable bonds is 0. The smallest absolute Gasteiger partial charge is 0.282 e.